The van der Waals surface area contributed by atoms with E-state index in [0.717, 1.165) is 11.9 Å². The average molecular weight is 314 g/mol. The van der Waals surface area contributed by atoms with Crippen molar-refractivity contribution in [1.29, 1.82) is 0 Å². The maximum atomic E-state index is 5.09. The third-order valence-electron chi connectivity index (χ3n) is 0.738. The molecule has 0 aliphatic carbocycles. The molecule has 12 heavy (non-hydrogen) atoms. The van der Waals surface area contributed by atoms with Crippen molar-refractivity contribution in [1.82, 2.24) is 0 Å². The molecule has 0 amide bonds. The van der Waals surface area contributed by atoms with Crippen LogP contribution in [0.5, 0.6) is 0 Å². The van der Waals surface area contributed by atoms with Crippen molar-refractivity contribution in [3.63, 3.8) is 0 Å². The fourth-order valence-corrected chi connectivity index (χ4v) is 0.605. The van der Waals surface area contributed by atoms with Crippen LogP contribution in [0.4, 0.5) is 0 Å². The van der Waals surface area contributed by atoms with Crippen LogP contribution in [-0.4, -0.2) is 31.8 Å². The molecule has 0 atom stereocenters. The minimum atomic E-state index is 0. The summed E-state index contributed by atoms with van der Waals surface area (Å²) in [5.74, 6) is 0. The Balaban J connectivity index is -0.000000249. The van der Waals surface area contributed by atoms with Crippen LogP contribution >= 0.6 is 15.9 Å². The molecule has 73 valence electrons. The zero-order valence-corrected chi connectivity index (χ0v) is 12.1. The molecule has 0 unspecified atom stereocenters. The van der Waals surface area contributed by atoms with Crippen molar-refractivity contribution in [2.24, 2.45) is 0 Å². The van der Waals surface area contributed by atoms with Gasteiger partial charge in [0.15, 0.2) is 0 Å². The fourth-order valence-electron chi connectivity index (χ4n) is 0.377. The molecular formula is C8H17BrO2Y-2. The second kappa shape index (κ2) is 22.9. The predicted molar refractivity (Wildman–Crippen MR) is 51.8 cm³/mol. The SMILES string of the molecule is [CH2-]C.[CH2-]COCCOCCBr.[Y]. The monoisotopic (exact) mass is 313 g/mol. The van der Waals surface area contributed by atoms with E-state index in [1.165, 1.54) is 0 Å². The number of alkyl halides is 1. The van der Waals surface area contributed by atoms with Crippen LogP contribution in [0.25, 0.3) is 0 Å². The molecule has 0 aliphatic rings. The van der Waals surface area contributed by atoms with Crippen LogP contribution in [-0.2, 0) is 42.2 Å². The Morgan fingerprint density at radius 3 is 2.00 bits per heavy atom. The predicted octanol–water partition coefficient (Wildman–Crippen LogP) is 2.09. The van der Waals surface area contributed by atoms with Crippen molar-refractivity contribution < 1.29 is 42.2 Å². The van der Waals surface area contributed by atoms with Gasteiger partial charge in [-0.3, -0.25) is 0 Å². The maximum Gasteiger partial charge on any atom is 0.0699 e. The second-order valence-corrected chi connectivity index (χ2v) is 2.21. The van der Waals surface area contributed by atoms with Crippen molar-refractivity contribution in [3.8, 4) is 0 Å². The Bertz CT molecular complexity index is 50.3. The maximum absolute atomic E-state index is 5.09. The first kappa shape index (κ1) is 19.1. The number of ether oxygens (including phenoxy) is 2. The molecule has 0 bridgehead atoms. The van der Waals surface area contributed by atoms with E-state index >= 15 is 0 Å². The number of rotatable bonds is 6. The van der Waals surface area contributed by atoms with Gasteiger partial charge in [-0.2, -0.15) is 6.92 Å². The van der Waals surface area contributed by atoms with Crippen LogP contribution in [0.1, 0.15) is 6.92 Å². The molecule has 0 aromatic heterocycles. The van der Waals surface area contributed by atoms with Crippen LogP contribution < -0.4 is 0 Å². The van der Waals surface area contributed by atoms with E-state index in [0.29, 0.717) is 19.8 Å². The molecule has 0 N–H and O–H groups in total. The summed E-state index contributed by atoms with van der Waals surface area (Å²) in [6.45, 7) is 11.1. The summed E-state index contributed by atoms with van der Waals surface area (Å²) in [6.07, 6.45) is 0. The first-order valence-corrected chi connectivity index (χ1v) is 4.75. The Morgan fingerprint density at radius 2 is 1.58 bits per heavy atom. The van der Waals surface area contributed by atoms with Gasteiger partial charge in [-0.05, 0) is 0 Å². The van der Waals surface area contributed by atoms with Crippen LogP contribution in [0, 0.1) is 13.8 Å². The van der Waals surface area contributed by atoms with E-state index in [2.05, 4.69) is 29.8 Å². The standard InChI is InChI=1S/C6H12BrO2.C2H5.Y/c1-2-8-5-6-9-4-3-7;1-2;/h1-6H2;1H2,2H3;/q2*-1;. The van der Waals surface area contributed by atoms with Gasteiger partial charge in [0.05, 0.1) is 19.8 Å². The molecule has 0 spiro atoms. The molecule has 0 heterocycles. The van der Waals surface area contributed by atoms with E-state index in [9.17, 15) is 0 Å². The third kappa shape index (κ3) is 22.5. The van der Waals surface area contributed by atoms with Crippen molar-refractivity contribution >= 4 is 15.9 Å². The van der Waals surface area contributed by atoms with Crippen molar-refractivity contribution in [2.75, 3.05) is 31.8 Å². The van der Waals surface area contributed by atoms with E-state index in [1.54, 1.807) is 6.92 Å². The van der Waals surface area contributed by atoms with Crippen molar-refractivity contribution in [3.05, 3.63) is 13.8 Å². The first-order chi connectivity index (χ1) is 5.41. The number of hydrogen-bond donors (Lipinski definition) is 0. The van der Waals surface area contributed by atoms with Gasteiger partial charge in [-0.25, -0.2) is 0 Å². The van der Waals surface area contributed by atoms with E-state index in [-0.39, 0.29) is 32.7 Å². The molecule has 0 saturated heterocycles. The molecule has 4 heteroatoms. The summed E-state index contributed by atoms with van der Waals surface area (Å²) >= 11 is 3.24. The van der Waals surface area contributed by atoms with Gasteiger partial charge in [0.25, 0.3) is 0 Å². The Morgan fingerprint density at radius 1 is 1.08 bits per heavy atom. The Kier molecular flexibility index (Phi) is 36.5. The largest absolute Gasteiger partial charge is 0.411 e. The molecule has 0 saturated carbocycles. The summed E-state index contributed by atoms with van der Waals surface area (Å²) in [5.41, 5.74) is 0. The van der Waals surface area contributed by atoms with Gasteiger partial charge in [-0.1, -0.05) is 22.5 Å². The van der Waals surface area contributed by atoms with Gasteiger partial charge in [0, 0.05) is 38.0 Å². The minimum absolute atomic E-state index is 0. The van der Waals surface area contributed by atoms with Gasteiger partial charge in [0.1, 0.15) is 0 Å². The topological polar surface area (TPSA) is 18.5 Å². The van der Waals surface area contributed by atoms with Crippen LogP contribution in [0.15, 0.2) is 0 Å². The Labute approximate surface area is 110 Å². The Hall–Kier alpha value is 1.50. The molecular weight excluding hydrogens is 297 g/mol. The molecule has 0 rings (SSSR count). The molecule has 0 aliphatic heterocycles. The molecule has 0 fully saturated rings. The van der Waals surface area contributed by atoms with Crippen LogP contribution in [0.2, 0.25) is 0 Å². The van der Waals surface area contributed by atoms with Crippen molar-refractivity contribution in [2.45, 2.75) is 6.92 Å². The zero-order valence-electron chi connectivity index (χ0n) is 7.72. The summed E-state index contributed by atoms with van der Waals surface area (Å²) < 4.78 is 10.0. The second-order valence-electron chi connectivity index (χ2n) is 1.41. The quantitative estimate of drug-likeness (QED) is 0.425. The van der Waals surface area contributed by atoms with Crippen LogP contribution in [0.3, 0.4) is 0 Å². The fraction of sp³-hybridized carbons (Fsp3) is 0.750. The van der Waals surface area contributed by atoms with Gasteiger partial charge in [-0.15, -0.1) is 0 Å². The molecule has 0 aromatic carbocycles. The molecule has 0 aromatic rings. The first-order valence-electron chi connectivity index (χ1n) is 3.63. The number of halogens is 1. The summed E-state index contributed by atoms with van der Waals surface area (Å²) in [5, 5.41) is 0.886. The van der Waals surface area contributed by atoms with E-state index in [4.69, 9.17) is 9.47 Å². The average Bonchev–Trinajstić information content (AvgIpc) is 2.08. The summed E-state index contributed by atoms with van der Waals surface area (Å²) in [4.78, 5) is 0. The molecule has 1 radical (unpaired) electrons. The van der Waals surface area contributed by atoms with Gasteiger partial charge in [0.2, 0.25) is 0 Å². The summed E-state index contributed by atoms with van der Waals surface area (Å²) in [7, 11) is 0. The van der Waals surface area contributed by atoms with Gasteiger partial charge >= 0.3 is 0 Å². The normalized spacial score (nSPS) is 8.00. The molecule has 2 nitrogen and oxygen atoms in total. The van der Waals surface area contributed by atoms with E-state index < -0.39 is 0 Å². The zero-order chi connectivity index (χ0) is 8.95. The van der Waals surface area contributed by atoms with Gasteiger partial charge < -0.3 is 23.3 Å². The summed E-state index contributed by atoms with van der Waals surface area (Å²) in [6, 6.07) is 0. The minimum Gasteiger partial charge on any atom is -0.411 e. The smallest absolute Gasteiger partial charge is 0.0699 e. The van der Waals surface area contributed by atoms with E-state index in [1.807, 2.05) is 0 Å². The number of hydrogen-bond acceptors (Lipinski definition) is 2. The third-order valence-corrected chi connectivity index (χ3v) is 1.06.